The molecule has 2 aromatic heterocycles. The summed E-state index contributed by atoms with van der Waals surface area (Å²) >= 11 is 0. The van der Waals surface area contributed by atoms with E-state index in [1.54, 1.807) is 36.4 Å². The number of nitrogen functional groups attached to an aromatic ring is 1. The molecule has 4 rings (SSSR count). The molecule has 0 unspecified atom stereocenters. The van der Waals surface area contributed by atoms with Gasteiger partial charge in [-0.1, -0.05) is 18.2 Å². The monoisotopic (exact) mass is 409 g/mol. The molecule has 1 saturated carbocycles. The van der Waals surface area contributed by atoms with Gasteiger partial charge in [0.05, 0.1) is 28.5 Å². The van der Waals surface area contributed by atoms with Crippen molar-refractivity contribution in [1.82, 2.24) is 8.96 Å². The van der Waals surface area contributed by atoms with E-state index in [4.69, 9.17) is 11.0 Å². The smallest absolute Gasteiger partial charge is 0.269 e. The Balaban J connectivity index is 1.66. The quantitative estimate of drug-likeness (QED) is 0.663. The van der Waals surface area contributed by atoms with Gasteiger partial charge in [0, 0.05) is 24.0 Å². The summed E-state index contributed by atoms with van der Waals surface area (Å²) < 4.78 is 27.3. The lowest BCUT2D eigenvalue weighted by Gasteiger charge is -2.29. The van der Waals surface area contributed by atoms with Crippen LogP contribution in [0.3, 0.4) is 0 Å². The third kappa shape index (κ3) is 3.66. The summed E-state index contributed by atoms with van der Waals surface area (Å²) in [6, 6.07) is 12.5. The SMILES string of the molecule is N#CC[C@H]1CC[C@H](Nc2c(N)cnc3c2ccn3S(=O)(=O)c2ccccc2)CC1. The van der Waals surface area contributed by atoms with E-state index in [1.165, 1.54) is 16.4 Å². The van der Waals surface area contributed by atoms with Gasteiger partial charge in [-0.2, -0.15) is 5.26 Å². The minimum absolute atomic E-state index is 0.210. The van der Waals surface area contributed by atoms with Crippen LogP contribution in [0.2, 0.25) is 0 Å². The van der Waals surface area contributed by atoms with Gasteiger partial charge >= 0.3 is 0 Å². The highest BCUT2D eigenvalue weighted by molar-refractivity contribution is 7.90. The summed E-state index contributed by atoms with van der Waals surface area (Å²) in [6.45, 7) is 0. The van der Waals surface area contributed by atoms with E-state index >= 15 is 0 Å². The molecule has 0 spiro atoms. The van der Waals surface area contributed by atoms with Crippen LogP contribution in [0.25, 0.3) is 11.0 Å². The van der Waals surface area contributed by atoms with Crippen molar-refractivity contribution in [2.75, 3.05) is 11.1 Å². The first kappa shape index (κ1) is 19.3. The van der Waals surface area contributed by atoms with Gasteiger partial charge in [0.1, 0.15) is 0 Å². The van der Waals surface area contributed by atoms with E-state index in [-0.39, 0.29) is 10.9 Å². The molecule has 150 valence electrons. The second-order valence-corrected chi connectivity index (χ2v) is 9.29. The van der Waals surface area contributed by atoms with Crippen LogP contribution < -0.4 is 11.1 Å². The van der Waals surface area contributed by atoms with Crippen molar-refractivity contribution in [1.29, 1.82) is 5.26 Å². The molecule has 0 amide bonds. The van der Waals surface area contributed by atoms with Crippen LogP contribution in [0.1, 0.15) is 32.1 Å². The van der Waals surface area contributed by atoms with E-state index < -0.39 is 10.0 Å². The standard InChI is InChI=1S/C21H23N5O2S/c22-12-10-15-6-8-16(9-7-15)25-20-18-11-13-26(21(18)24-14-19(20)23)29(27,28)17-4-2-1-3-5-17/h1-5,11,13-16H,6-10,23H2,(H,24,25)/t15-,16-. The summed E-state index contributed by atoms with van der Waals surface area (Å²) in [5, 5.41) is 13.1. The number of anilines is 2. The molecule has 0 radical (unpaired) electrons. The predicted molar refractivity (Wildman–Crippen MR) is 113 cm³/mol. The van der Waals surface area contributed by atoms with Gasteiger partial charge in [0.15, 0.2) is 5.65 Å². The maximum atomic E-state index is 13.0. The topological polar surface area (TPSA) is 114 Å². The van der Waals surface area contributed by atoms with Crippen LogP contribution in [-0.2, 0) is 10.0 Å². The van der Waals surface area contributed by atoms with Crippen LogP contribution in [-0.4, -0.2) is 23.4 Å². The maximum Gasteiger partial charge on any atom is 0.269 e. The number of aromatic nitrogens is 2. The van der Waals surface area contributed by atoms with Crippen molar-refractivity contribution in [3.63, 3.8) is 0 Å². The maximum absolute atomic E-state index is 13.0. The zero-order chi connectivity index (χ0) is 20.4. The molecule has 0 saturated heterocycles. The van der Waals surface area contributed by atoms with Gasteiger partial charge in [0.25, 0.3) is 10.0 Å². The Morgan fingerprint density at radius 1 is 1.17 bits per heavy atom. The summed E-state index contributed by atoms with van der Waals surface area (Å²) in [7, 11) is -3.74. The molecule has 1 aliphatic rings. The highest BCUT2D eigenvalue weighted by Crippen LogP contribution is 2.34. The Kier molecular flexibility index (Phi) is 5.16. The second-order valence-electron chi connectivity index (χ2n) is 7.48. The molecule has 3 aromatic rings. The fraction of sp³-hybridized carbons (Fsp3) is 0.333. The first-order chi connectivity index (χ1) is 14.0. The lowest BCUT2D eigenvalue weighted by Crippen LogP contribution is -2.26. The van der Waals surface area contributed by atoms with Crippen LogP contribution in [0.15, 0.2) is 53.7 Å². The first-order valence-electron chi connectivity index (χ1n) is 9.70. The Bertz CT molecular complexity index is 1160. The molecule has 3 N–H and O–H groups in total. The average molecular weight is 410 g/mol. The number of nitrogens with one attached hydrogen (secondary N) is 1. The van der Waals surface area contributed by atoms with Crippen LogP contribution in [0.4, 0.5) is 11.4 Å². The molecule has 29 heavy (non-hydrogen) atoms. The number of benzene rings is 1. The normalized spacial score (nSPS) is 19.7. The number of hydrogen-bond acceptors (Lipinski definition) is 6. The second kappa shape index (κ2) is 7.76. The third-order valence-electron chi connectivity index (χ3n) is 5.59. The van der Waals surface area contributed by atoms with Crippen molar-refractivity contribution in [2.24, 2.45) is 5.92 Å². The Morgan fingerprint density at radius 2 is 1.90 bits per heavy atom. The van der Waals surface area contributed by atoms with Gasteiger partial charge in [0.2, 0.25) is 0 Å². The molecule has 8 heteroatoms. The average Bonchev–Trinajstić information content (AvgIpc) is 3.17. The number of rotatable bonds is 5. The van der Waals surface area contributed by atoms with Gasteiger partial charge < -0.3 is 11.1 Å². The van der Waals surface area contributed by atoms with Gasteiger partial charge in [-0.05, 0) is 49.8 Å². The molecule has 0 aliphatic heterocycles. The Morgan fingerprint density at radius 3 is 2.59 bits per heavy atom. The zero-order valence-corrected chi connectivity index (χ0v) is 16.8. The van der Waals surface area contributed by atoms with Crippen molar-refractivity contribution in [2.45, 2.75) is 43.0 Å². The number of fused-ring (bicyclic) bond motifs is 1. The molecular formula is C21H23N5O2S. The lowest BCUT2D eigenvalue weighted by atomic mass is 9.84. The summed E-state index contributed by atoms with van der Waals surface area (Å²) in [6.07, 6.45) is 7.55. The summed E-state index contributed by atoms with van der Waals surface area (Å²) in [5.41, 5.74) is 7.75. The van der Waals surface area contributed by atoms with Crippen LogP contribution in [0, 0.1) is 17.2 Å². The minimum Gasteiger partial charge on any atom is -0.396 e. The number of nitrogens with zero attached hydrogens (tertiary/aromatic N) is 3. The lowest BCUT2D eigenvalue weighted by molar-refractivity contribution is 0.343. The van der Waals surface area contributed by atoms with Gasteiger partial charge in [-0.3, -0.25) is 0 Å². The van der Waals surface area contributed by atoms with Gasteiger partial charge in [-0.15, -0.1) is 0 Å². The highest BCUT2D eigenvalue weighted by atomic mass is 32.2. The molecule has 1 aromatic carbocycles. The molecule has 7 nitrogen and oxygen atoms in total. The molecule has 0 atom stereocenters. The summed E-state index contributed by atoms with van der Waals surface area (Å²) in [4.78, 5) is 4.52. The number of pyridine rings is 1. The van der Waals surface area contributed by atoms with E-state index in [2.05, 4.69) is 16.4 Å². The zero-order valence-electron chi connectivity index (χ0n) is 16.0. The summed E-state index contributed by atoms with van der Waals surface area (Å²) in [5.74, 6) is 0.463. The third-order valence-corrected chi connectivity index (χ3v) is 7.27. The van der Waals surface area contributed by atoms with Crippen molar-refractivity contribution >= 4 is 32.4 Å². The van der Waals surface area contributed by atoms with Crippen molar-refractivity contribution in [3.05, 3.63) is 48.8 Å². The van der Waals surface area contributed by atoms with Crippen LogP contribution in [0.5, 0.6) is 0 Å². The fourth-order valence-electron chi connectivity index (χ4n) is 3.98. The van der Waals surface area contributed by atoms with E-state index in [0.717, 1.165) is 31.4 Å². The minimum atomic E-state index is -3.74. The molecule has 1 fully saturated rings. The number of nitriles is 1. The molecule has 1 aliphatic carbocycles. The van der Waals surface area contributed by atoms with E-state index in [0.29, 0.717) is 29.1 Å². The number of nitrogens with two attached hydrogens (primary N) is 1. The first-order valence-corrected chi connectivity index (χ1v) is 11.1. The van der Waals surface area contributed by atoms with E-state index in [1.807, 2.05) is 0 Å². The molecule has 2 heterocycles. The largest absolute Gasteiger partial charge is 0.396 e. The Hall–Kier alpha value is -3.05. The van der Waals surface area contributed by atoms with Gasteiger partial charge in [-0.25, -0.2) is 17.4 Å². The van der Waals surface area contributed by atoms with Crippen LogP contribution >= 0.6 is 0 Å². The molecular weight excluding hydrogens is 386 g/mol. The number of hydrogen-bond donors (Lipinski definition) is 2. The molecule has 0 bridgehead atoms. The van der Waals surface area contributed by atoms with Crippen molar-refractivity contribution in [3.8, 4) is 6.07 Å². The predicted octanol–water partition coefficient (Wildman–Crippen LogP) is 3.74. The fourth-order valence-corrected chi connectivity index (χ4v) is 5.31. The van der Waals surface area contributed by atoms with Crippen molar-refractivity contribution < 1.29 is 8.42 Å². The highest BCUT2D eigenvalue weighted by Gasteiger charge is 2.24. The Labute approximate surface area is 170 Å². The van der Waals surface area contributed by atoms with E-state index in [9.17, 15) is 8.42 Å².